The molecule has 5 nitrogen and oxygen atoms in total. The molecule has 4 heterocycles. The maximum atomic E-state index is 12.7. The Balaban J connectivity index is 0.00000218. The van der Waals surface area contributed by atoms with Gasteiger partial charge in [-0.1, -0.05) is 13.5 Å². The number of aromatic nitrogens is 1. The van der Waals surface area contributed by atoms with Crippen molar-refractivity contribution in [3.63, 3.8) is 0 Å². The van der Waals surface area contributed by atoms with Crippen molar-refractivity contribution in [1.82, 2.24) is 9.88 Å². The van der Waals surface area contributed by atoms with Crippen LogP contribution in [0.3, 0.4) is 0 Å². The molecule has 2 aliphatic heterocycles. The number of rotatable bonds is 3. The summed E-state index contributed by atoms with van der Waals surface area (Å²) in [5.41, 5.74) is 4.73. The molecule has 1 N–H and O–H groups in total. The summed E-state index contributed by atoms with van der Waals surface area (Å²) >= 11 is 1.82. The Morgan fingerprint density at radius 2 is 2.20 bits per heavy atom. The summed E-state index contributed by atoms with van der Waals surface area (Å²) < 4.78 is 0. The minimum Gasteiger partial charge on any atom is -0.338 e. The van der Waals surface area contributed by atoms with Crippen molar-refractivity contribution in [1.29, 1.82) is 0 Å². The monoisotopic (exact) mass is 421 g/mol. The molecule has 2 amide bonds. The molecular weight excluding hydrogens is 394 g/mol. The molecule has 1 saturated heterocycles. The number of hydrogen-bond acceptors (Lipinski definition) is 4. The van der Waals surface area contributed by atoms with E-state index in [2.05, 4.69) is 34.7 Å². The minimum absolute atomic E-state index is 0. The van der Waals surface area contributed by atoms with Crippen molar-refractivity contribution < 1.29 is 9.59 Å². The summed E-state index contributed by atoms with van der Waals surface area (Å²) in [5, 5.41) is 4.94. The quantitative estimate of drug-likeness (QED) is 0.740. The first-order valence-corrected chi connectivity index (χ1v) is 11.0. The SMILES string of the molecule is C.Cc1ccsc1C1=CC2CN(C(=O)/C=C/c3cnc4c(c3)CCC(=O)N4)CC2C1. The van der Waals surface area contributed by atoms with Gasteiger partial charge >= 0.3 is 0 Å². The van der Waals surface area contributed by atoms with E-state index in [0.717, 1.165) is 30.6 Å². The number of nitrogens with one attached hydrogen (secondary N) is 1. The van der Waals surface area contributed by atoms with Crippen molar-refractivity contribution in [2.45, 2.75) is 33.6 Å². The predicted molar refractivity (Wildman–Crippen MR) is 122 cm³/mol. The van der Waals surface area contributed by atoms with Gasteiger partial charge in [0.1, 0.15) is 5.82 Å². The maximum Gasteiger partial charge on any atom is 0.246 e. The van der Waals surface area contributed by atoms with Gasteiger partial charge in [-0.2, -0.15) is 0 Å². The number of pyridine rings is 1. The van der Waals surface area contributed by atoms with Gasteiger partial charge < -0.3 is 10.2 Å². The first-order valence-electron chi connectivity index (χ1n) is 10.1. The highest BCUT2D eigenvalue weighted by molar-refractivity contribution is 7.11. The van der Waals surface area contributed by atoms with Crippen LogP contribution < -0.4 is 5.32 Å². The molecule has 2 atom stereocenters. The van der Waals surface area contributed by atoms with Crippen molar-refractivity contribution >= 4 is 40.6 Å². The van der Waals surface area contributed by atoms with E-state index < -0.39 is 0 Å². The van der Waals surface area contributed by atoms with Crippen LogP contribution >= 0.6 is 11.3 Å². The fraction of sp³-hybridized carbons (Fsp3) is 0.375. The van der Waals surface area contributed by atoms with Gasteiger partial charge in [-0.15, -0.1) is 11.3 Å². The predicted octanol–water partition coefficient (Wildman–Crippen LogP) is 4.55. The molecule has 5 rings (SSSR count). The number of hydrogen-bond donors (Lipinski definition) is 1. The van der Waals surface area contributed by atoms with Crippen molar-refractivity contribution in [2.75, 3.05) is 18.4 Å². The first kappa shape index (κ1) is 20.5. The van der Waals surface area contributed by atoms with Crippen LogP contribution in [0, 0.1) is 18.8 Å². The number of carbonyl (C=O) groups is 2. The highest BCUT2D eigenvalue weighted by Gasteiger charge is 2.38. The Labute approximate surface area is 181 Å². The minimum atomic E-state index is 0. The van der Waals surface area contributed by atoms with Crippen LogP contribution in [0.1, 0.15) is 41.8 Å². The molecule has 30 heavy (non-hydrogen) atoms. The molecule has 6 heteroatoms. The Morgan fingerprint density at radius 1 is 1.33 bits per heavy atom. The zero-order chi connectivity index (χ0) is 20.0. The number of carbonyl (C=O) groups excluding carboxylic acids is 2. The summed E-state index contributed by atoms with van der Waals surface area (Å²) in [5.74, 6) is 1.72. The van der Waals surface area contributed by atoms with E-state index in [4.69, 9.17) is 0 Å². The third-order valence-corrected chi connectivity index (χ3v) is 7.23. The van der Waals surface area contributed by atoms with E-state index in [1.165, 1.54) is 16.0 Å². The van der Waals surface area contributed by atoms with Gasteiger partial charge in [0, 0.05) is 36.7 Å². The fourth-order valence-corrected chi connectivity index (χ4v) is 5.56. The van der Waals surface area contributed by atoms with E-state index in [9.17, 15) is 9.59 Å². The number of anilines is 1. The third kappa shape index (κ3) is 3.84. The summed E-state index contributed by atoms with van der Waals surface area (Å²) in [6, 6.07) is 4.18. The number of thiophene rings is 1. The second-order valence-corrected chi connectivity index (χ2v) is 9.07. The number of amides is 2. The molecule has 0 saturated carbocycles. The molecule has 0 aromatic carbocycles. The van der Waals surface area contributed by atoms with Gasteiger partial charge in [0.25, 0.3) is 0 Å². The second kappa shape index (κ2) is 8.19. The van der Waals surface area contributed by atoms with Crippen LogP contribution in [0.4, 0.5) is 5.82 Å². The van der Waals surface area contributed by atoms with E-state index in [1.54, 1.807) is 12.3 Å². The van der Waals surface area contributed by atoms with Crippen molar-refractivity contribution in [2.24, 2.45) is 11.8 Å². The van der Waals surface area contributed by atoms with Crippen molar-refractivity contribution in [3.8, 4) is 0 Å². The lowest BCUT2D eigenvalue weighted by molar-refractivity contribution is -0.125. The number of fused-ring (bicyclic) bond motifs is 2. The summed E-state index contributed by atoms with van der Waals surface area (Å²) in [6.45, 7) is 3.80. The van der Waals surface area contributed by atoms with E-state index in [-0.39, 0.29) is 19.2 Å². The fourth-order valence-electron chi connectivity index (χ4n) is 4.60. The molecular formula is C24H27N3O2S. The molecule has 3 aliphatic rings. The highest BCUT2D eigenvalue weighted by Crippen LogP contribution is 2.43. The van der Waals surface area contributed by atoms with Crippen LogP contribution in [0.5, 0.6) is 0 Å². The highest BCUT2D eigenvalue weighted by atomic mass is 32.1. The third-order valence-electron chi connectivity index (χ3n) is 6.14. The van der Waals surface area contributed by atoms with E-state index in [1.807, 2.05) is 28.4 Å². The van der Waals surface area contributed by atoms with Crippen LogP contribution in [-0.4, -0.2) is 34.8 Å². The van der Waals surface area contributed by atoms with E-state index in [0.29, 0.717) is 30.5 Å². The largest absolute Gasteiger partial charge is 0.338 e. The number of aryl methyl sites for hydroxylation is 2. The molecule has 2 unspecified atom stereocenters. The standard InChI is InChI=1S/C23H23N3O2S.CH4/c1-14-6-7-29-22(14)17-9-18-12-26(13-19(18)10-17)21(28)5-2-15-8-16-3-4-20(27)25-23(16)24-11-15;/h2,5-9,11,18-19H,3-4,10,12-13H2,1H3,(H,24,25,27);1H4/b5-2+;. The first-order chi connectivity index (χ1) is 14.1. The normalized spacial score (nSPS) is 22.4. The molecule has 1 fully saturated rings. The van der Waals surface area contributed by atoms with Crippen molar-refractivity contribution in [3.05, 3.63) is 57.4 Å². The van der Waals surface area contributed by atoms with Gasteiger partial charge in [-0.05, 0) is 77.5 Å². The van der Waals surface area contributed by atoms with Gasteiger partial charge in [0.15, 0.2) is 0 Å². The van der Waals surface area contributed by atoms with Crippen LogP contribution in [-0.2, 0) is 16.0 Å². The Hall–Kier alpha value is -2.73. The lowest BCUT2D eigenvalue weighted by Gasteiger charge is -2.16. The Kier molecular flexibility index (Phi) is 5.60. The maximum absolute atomic E-state index is 12.7. The van der Waals surface area contributed by atoms with Gasteiger partial charge in [0.2, 0.25) is 11.8 Å². The summed E-state index contributed by atoms with van der Waals surface area (Å²) in [4.78, 5) is 31.8. The molecule has 156 valence electrons. The average molecular weight is 422 g/mol. The van der Waals surface area contributed by atoms with Crippen LogP contribution in [0.25, 0.3) is 11.6 Å². The summed E-state index contributed by atoms with van der Waals surface area (Å²) in [7, 11) is 0. The molecule has 1 aliphatic carbocycles. The molecule has 2 aromatic rings. The van der Waals surface area contributed by atoms with Gasteiger partial charge in [0.05, 0.1) is 0 Å². The lowest BCUT2D eigenvalue weighted by Crippen LogP contribution is -2.27. The Morgan fingerprint density at radius 3 is 2.97 bits per heavy atom. The zero-order valence-electron chi connectivity index (χ0n) is 16.4. The number of likely N-dealkylation sites (tertiary alicyclic amines) is 1. The topological polar surface area (TPSA) is 62.3 Å². The zero-order valence-corrected chi connectivity index (χ0v) is 17.2. The average Bonchev–Trinajstić information content (AvgIpc) is 3.40. The molecule has 0 bridgehead atoms. The number of nitrogens with zero attached hydrogens (tertiary/aromatic N) is 2. The van der Waals surface area contributed by atoms with Crippen LogP contribution in [0.2, 0.25) is 0 Å². The van der Waals surface area contributed by atoms with Crippen LogP contribution in [0.15, 0.2) is 35.9 Å². The molecule has 0 radical (unpaired) electrons. The second-order valence-electron chi connectivity index (χ2n) is 8.15. The van der Waals surface area contributed by atoms with Gasteiger partial charge in [-0.25, -0.2) is 4.98 Å². The van der Waals surface area contributed by atoms with E-state index >= 15 is 0 Å². The molecule has 2 aromatic heterocycles. The van der Waals surface area contributed by atoms with Gasteiger partial charge in [-0.3, -0.25) is 9.59 Å². The summed E-state index contributed by atoms with van der Waals surface area (Å²) in [6.07, 6.45) is 9.82. The smallest absolute Gasteiger partial charge is 0.246 e. The lowest BCUT2D eigenvalue weighted by atomic mass is 9.99. The Bertz CT molecular complexity index is 1050. The molecule has 0 spiro atoms. The number of allylic oxidation sites excluding steroid dienone is 1.